The van der Waals surface area contributed by atoms with E-state index in [1.54, 1.807) is 4.68 Å². The highest BCUT2D eigenvalue weighted by atomic mass is 16.2. The predicted molar refractivity (Wildman–Crippen MR) is 72.5 cm³/mol. The van der Waals surface area contributed by atoms with Crippen molar-refractivity contribution in [2.24, 2.45) is 5.73 Å². The SMILES string of the molecule is CCc1cc(C(=O)N(CC)CCCN)n(CC)n1. The van der Waals surface area contributed by atoms with Crippen LogP contribution in [0.25, 0.3) is 0 Å². The van der Waals surface area contributed by atoms with Gasteiger partial charge < -0.3 is 10.6 Å². The van der Waals surface area contributed by atoms with Crippen LogP contribution in [-0.4, -0.2) is 40.2 Å². The summed E-state index contributed by atoms with van der Waals surface area (Å²) >= 11 is 0. The first-order valence-electron chi connectivity index (χ1n) is 6.73. The molecule has 0 aliphatic heterocycles. The van der Waals surface area contributed by atoms with Gasteiger partial charge in [0.05, 0.1) is 5.69 Å². The molecular weight excluding hydrogens is 228 g/mol. The van der Waals surface area contributed by atoms with E-state index in [1.165, 1.54) is 0 Å². The number of amides is 1. The Kier molecular flexibility index (Phi) is 5.85. The van der Waals surface area contributed by atoms with Gasteiger partial charge >= 0.3 is 0 Å². The van der Waals surface area contributed by atoms with Gasteiger partial charge in [-0.2, -0.15) is 5.10 Å². The molecule has 0 unspecified atom stereocenters. The fourth-order valence-electron chi connectivity index (χ4n) is 1.90. The van der Waals surface area contributed by atoms with Crippen LogP contribution in [0.15, 0.2) is 6.07 Å². The normalized spacial score (nSPS) is 10.7. The van der Waals surface area contributed by atoms with Gasteiger partial charge in [0.25, 0.3) is 5.91 Å². The molecule has 0 aliphatic rings. The summed E-state index contributed by atoms with van der Waals surface area (Å²) in [4.78, 5) is 14.2. The highest BCUT2D eigenvalue weighted by Crippen LogP contribution is 2.09. The second kappa shape index (κ2) is 7.16. The number of aryl methyl sites for hydroxylation is 2. The lowest BCUT2D eigenvalue weighted by Crippen LogP contribution is -2.34. The summed E-state index contributed by atoms with van der Waals surface area (Å²) < 4.78 is 1.78. The fourth-order valence-corrected chi connectivity index (χ4v) is 1.90. The van der Waals surface area contributed by atoms with Crippen molar-refractivity contribution in [2.75, 3.05) is 19.6 Å². The summed E-state index contributed by atoms with van der Waals surface area (Å²) in [6.45, 7) is 8.77. The second-order valence-corrected chi connectivity index (χ2v) is 4.22. The van der Waals surface area contributed by atoms with Crippen LogP contribution in [0.2, 0.25) is 0 Å². The molecule has 18 heavy (non-hydrogen) atoms. The number of hydrogen-bond acceptors (Lipinski definition) is 3. The Balaban J connectivity index is 2.89. The predicted octanol–water partition coefficient (Wildman–Crippen LogP) is 1.28. The number of aromatic nitrogens is 2. The minimum Gasteiger partial charge on any atom is -0.338 e. The quantitative estimate of drug-likeness (QED) is 0.795. The van der Waals surface area contributed by atoms with Crippen LogP contribution >= 0.6 is 0 Å². The Labute approximate surface area is 109 Å². The number of carbonyl (C=O) groups is 1. The average molecular weight is 252 g/mol. The van der Waals surface area contributed by atoms with Crippen LogP contribution in [0, 0.1) is 0 Å². The lowest BCUT2D eigenvalue weighted by Gasteiger charge is -2.20. The Bertz CT molecular complexity index is 386. The Morgan fingerprint density at radius 3 is 2.67 bits per heavy atom. The van der Waals surface area contributed by atoms with E-state index >= 15 is 0 Å². The van der Waals surface area contributed by atoms with Crippen LogP contribution in [0.5, 0.6) is 0 Å². The van der Waals surface area contributed by atoms with E-state index in [-0.39, 0.29) is 5.91 Å². The number of carbonyl (C=O) groups excluding carboxylic acids is 1. The van der Waals surface area contributed by atoms with Crippen molar-refractivity contribution >= 4 is 5.91 Å². The monoisotopic (exact) mass is 252 g/mol. The summed E-state index contributed by atoms with van der Waals surface area (Å²) in [6.07, 6.45) is 1.68. The fraction of sp³-hybridized carbons (Fsp3) is 0.692. The van der Waals surface area contributed by atoms with Crippen LogP contribution in [-0.2, 0) is 13.0 Å². The van der Waals surface area contributed by atoms with E-state index in [9.17, 15) is 4.79 Å². The number of rotatable bonds is 7. The van der Waals surface area contributed by atoms with E-state index in [1.807, 2.05) is 31.7 Å². The molecule has 0 fully saturated rings. The van der Waals surface area contributed by atoms with Crippen molar-refractivity contribution in [1.82, 2.24) is 14.7 Å². The van der Waals surface area contributed by atoms with Gasteiger partial charge in [0.1, 0.15) is 5.69 Å². The molecule has 2 N–H and O–H groups in total. The van der Waals surface area contributed by atoms with Crippen molar-refractivity contribution in [2.45, 2.75) is 40.2 Å². The summed E-state index contributed by atoms with van der Waals surface area (Å²) in [5.41, 5.74) is 7.15. The highest BCUT2D eigenvalue weighted by Gasteiger charge is 2.19. The molecule has 1 aromatic heterocycles. The maximum atomic E-state index is 12.4. The molecule has 0 atom stereocenters. The molecule has 0 bridgehead atoms. The Morgan fingerprint density at radius 1 is 1.44 bits per heavy atom. The first-order valence-corrected chi connectivity index (χ1v) is 6.73. The molecule has 0 aromatic carbocycles. The molecule has 1 amide bonds. The van der Waals surface area contributed by atoms with E-state index in [0.29, 0.717) is 25.3 Å². The van der Waals surface area contributed by atoms with Gasteiger partial charge in [-0.05, 0) is 39.3 Å². The van der Waals surface area contributed by atoms with Gasteiger partial charge in [0, 0.05) is 19.6 Å². The van der Waals surface area contributed by atoms with Crippen LogP contribution in [0.1, 0.15) is 43.4 Å². The standard InChI is InChI=1S/C13H24N4O/c1-4-11-10-12(17(6-3)15-11)13(18)16(5-2)9-7-8-14/h10H,4-9,14H2,1-3H3. The van der Waals surface area contributed by atoms with Crippen molar-refractivity contribution in [3.8, 4) is 0 Å². The summed E-state index contributed by atoms with van der Waals surface area (Å²) in [6, 6.07) is 1.90. The summed E-state index contributed by atoms with van der Waals surface area (Å²) in [7, 11) is 0. The van der Waals surface area contributed by atoms with Gasteiger partial charge in [-0.25, -0.2) is 0 Å². The molecule has 1 heterocycles. The maximum absolute atomic E-state index is 12.4. The van der Waals surface area contributed by atoms with Gasteiger partial charge in [-0.1, -0.05) is 6.92 Å². The van der Waals surface area contributed by atoms with Gasteiger partial charge in [-0.15, -0.1) is 0 Å². The van der Waals surface area contributed by atoms with Crippen molar-refractivity contribution in [1.29, 1.82) is 0 Å². The third-order valence-corrected chi connectivity index (χ3v) is 3.01. The second-order valence-electron chi connectivity index (χ2n) is 4.22. The molecule has 5 nitrogen and oxygen atoms in total. The third kappa shape index (κ3) is 3.32. The van der Waals surface area contributed by atoms with Crippen LogP contribution in [0.4, 0.5) is 0 Å². The minimum absolute atomic E-state index is 0.0556. The van der Waals surface area contributed by atoms with Crippen LogP contribution < -0.4 is 5.73 Å². The van der Waals surface area contributed by atoms with E-state index in [2.05, 4.69) is 5.10 Å². The Morgan fingerprint density at radius 2 is 2.17 bits per heavy atom. The van der Waals surface area contributed by atoms with Crippen molar-refractivity contribution < 1.29 is 4.79 Å². The molecule has 1 rings (SSSR count). The maximum Gasteiger partial charge on any atom is 0.272 e. The molecule has 1 aromatic rings. The van der Waals surface area contributed by atoms with Crippen molar-refractivity contribution in [3.63, 3.8) is 0 Å². The molecule has 0 saturated heterocycles. The third-order valence-electron chi connectivity index (χ3n) is 3.01. The zero-order valence-corrected chi connectivity index (χ0v) is 11.6. The van der Waals surface area contributed by atoms with E-state index < -0.39 is 0 Å². The Hall–Kier alpha value is -1.36. The summed E-state index contributed by atoms with van der Waals surface area (Å²) in [5, 5.41) is 4.41. The van der Waals surface area contributed by atoms with E-state index in [0.717, 1.165) is 25.1 Å². The molecule has 0 aliphatic carbocycles. The van der Waals surface area contributed by atoms with Crippen LogP contribution in [0.3, 0.4) is 0 Å². The lowest BCUT2D eigenvalue weighted by atomic mass is 10.2. The van der Waals surface area contributed by atoms with Crippen molar-refractivity contribution in [3.05, 3.63) is 17.5 Å². The minimum atomic E-state index is 0.0556. The molecule has 0 saturated carbocycles. The smallest absolute Gasteiger partial charge is 0.272 e. The lowest BCUT2D eigenvalue weighted by molar-refractivity contribution is 0.0751. The molecule has 5 heteroatoms. The van der Waals surface area contributed by atoms with E-state index in [4.69, 9.17) is 5.73 Å². The first-order chi connectivity index (χ1) is 8.67. The first kappa shape index (κ1) is 14.7. The average Bonchev–Trinajstić information content (AvgIpc) is 2.82. The molecule has 0 spiro atoms. The molecule has 102 valence electrons. The zero-order chi connectivity index (χ0) is 13.5. The highest BCUT2D eigenvalue weighted by molar-refractivity contribution is 5.92. The molecular formula is C13H24N4O. The van der Waals surface area contributed by atoms with Gasteiger partial charge in [0.15, 0.2) is 0 Å². The largest absolute Gasteiger partial charge is 0.338 e. The number of hydrogen-bond donors (Lipinski definition) is 1. The topological polar surface area (TPSA) is 64.2 Å². The zero-order valence-electron chi connectivity index (χ0n) is 11.6. The van der Waals surface area contributed by atoms with Gasteiger partial charge in [-0.3, -0.25) is 9.48 Å². The number of nitrogens with two attached hydrogens (primary N) is 1. The molecule has 0 radical (unpaired) electrons. The number of nitrogens with zero attached hydrogens (tertiary/aromatic N) is 3. The summed E-state index contributed by atoms with van der Waals surface area (Å²) in [5.74, 6) is 0.0556. The van der Waals surface area contributed by atoms with Gasteiger partial charge in [0.2, 0.25) is 0 Å².